The van der Waals surface area contributed by atoms with E-state index in [1.54, 1.807) is 0 Å². The van der Waals surface area contributed by atoms with Crippen molar-refractivity contribution in [1.82, 2.24) is 0 Å². The van der Waals surface area contributed by atoms with Crippen molar-refractivity contribution >= 4 is 22.3 Å². The number of para-hydroxylation sites is 1. The largest absolute Gasteiger partial charge is 0.418 e. The molecule has 1 aromatic rings. The van der Waals surface area contributed by atoms with Crippen LogP contribution in [0.5, 0.6) is 0 Å². The maximum absolute atomic E-state index is 12.6. The van der Waals surface area contributed by atoms with E-state index in [2.05, 4.69) is 0 Å². The zero-order valence-electron chi connectivity index (χ0n) is 8.15. The molecule has 0 aromatic heterocycles. The van der Waals surface area contributed by atoms with Crippen LogP contribution < -0.4 is 10.0 Å². The molecule has 0 aliphatic rings. The SMILES string of the molecule is CN(c1c(N)cccc1C(F)(F)F)[SH](=O)=O. The summed E-state index contributed by atoms with van der Waals surface area (Å²) in [5.74, 6) is 0. The molecule has 1 aromatic carbocycles. The Morgan fingerprint density at radius 2 is 1.88 bits per heavy atom. The number of anilines is 2. The lowest BCUT2D eigenvalue weighted by atomic mass is 10.1. The number of hydrogen-bond donors (Lipinski definition) is 2. The summed E-state index contributed by atoms with van der Waals surface area (Å²) < 4.78 is 59.5. The molecule has 0 amide bonds. The Bertz CT molecular complexity index is 463. The summed E-state index contributed by atoms with van der Waals surface area (Å²) in [6.07, 6.45) is -4.65. The standard InChI is InChI=1S/C8H9F3N2O2S/c1-13(16(14)15)7-5(8(9,10)11)3-2-4-6(7)12/h2-4,16H,12H2,1H3. The van der Waals surface area contributed by atoms with Crippen LogP contribution in [0.2, 0.25) is 0 Å². The molecule has 2 N–H and O–H groups in total. The zero-order chi connectivity index (χ0) is 12.5. The van der Waals surface area contributed by atoms with E-state index in [0.717, 1.165) is 19.2 Å². The lowest BCUT2D eigenvalue weighted by Crippen LogP contribution is -2.21. The van der Waals surface area contributed by atoms with Gasteiger partial charge in [0.1, 0.15) is 0 Å². The number of halogens is 3. The van der Waals surface area contributed by atoms with Crippen LogP contribution in [0.25, 0.3) is 0 Å². The van der Waals surface area contributed by atoms with Crippen LogP contribution in [-0.4, -0.2) is 15.5 Å². The molecule has 0 heterocycles. The van der Waals surface area contributed by atoms with Crippen molar-refractivity contribution in [2.75, 3.05) is 17.1 Å². The number of rotatable bonds is 2. The second kappa shape index (κ2) is 4.20. The van der Waals surface area contributed by atoms with Crippen LogP contribution in [0, 0.1) is 0 Å². The van der Waals surface area contributed by atoms with E-state index in [1.807, 2.05) is 0 Å². The highest BCUT2D eigenvalue weighted by molar-refractivity contribution is 7.74. The summed E-state index contributed by atoms with van der Waals surface area (Å²) in [6, 6.07) is 3.11. The van der Waals surface area contributed by atoms with E-state index in [0.29, 0.717) is 4.31 Å². The monoisotopic (exact) mass is 254 g/mol. The van der Waals surface area contributed by atoms with Crippen molar-refractivity contribution in [2.45, 2.75) is 6.18 Å². The Balaban J connectivity index is 3.47. The highest BCUT2D eigenvalue weighted by Crippen LogP contribution is 2.39. The number of nitrogens with zero attached hydrogens (tertiary/aromatic N) is 1. The molecule has 8 heteroatoms. The number of alkyl halides is 3. The predicted molar refractivity (Wildman–Crippen MR) is 54.6 cm³/mol. The highest BCUT2D eigenvalue weighted by Gasteiger charge is 2.35. The molecule has 16 heavy (non-hydrogen) atoms. The van der Waals surface area contributed by atoms with E-state index in [9.17, 15) is 21.6 Å². The van der Waals surface area contributed by atoms with Gasteiger partial charge < -0.3 is 5.73 Å². The van der Waals surface area contributed by atoms with Gasteiger partial charge in [0.25, 0.3) is 0 Å². The lowest BCUT2D eigenvalue weighted by Gasteiger charge is -2.19. The topological polar surface area (TPSA) is 63.4 Å². The fraction of sp³-hybridized carbons (Fsp3) is 0.250. The van der Waals surface area contributed by atoms with Crippen LogP contribution in [-0.2, 0) is 17.1 Å². The molecule has 0 fully saturated rings. The maximum Gasteiger partial charge on any atom is 0.418 e. The Morgan fingerprint density at radius 3 is 2.31 bits per heavy atom. The quantitative estimate of drug-likeness (QED) is 0.616. The van der Waals surface area contributed by atoms with Crippen molar-refractivity contribution in [3.8, 4) is 0 Å². The van der Waals surface area contributed by atoms with Crippen LogP contribution in [0.4, 0.5) is 24.5 Å². The summed E-state index contributed by atoms with van der Waals surface area (Å²) in [4.78, 5) is 0. The van der Waals surface area contributed by atoms with Gasteiger partial charge in [0, 0.05) is 7.05 Å². The van der Waals surface area contributed by atoms with Crippen LogP contribution in [0.15, 0.2) is 18.2 Å². The zero-order valence-corrected chi connectivity index (χ0v) is 9.05. The van der Waals surface area contributed by atoms with Gasteiger partial charge in [-0.05, 0) is 12.1 Å². The number of benzene rings is 1. The van der Waals surface area contributed by atoms with Crippen LogP contribution >= 0.6 is 0 Å². The number of nitrogen functional groups attached to an aromatic ring is 1. The molecular formula is C8H9F3N2O2S. The molecule has 0 spiro atoms. The Hall–Kier alpha value is -1.44. The van der Waals surface area contributed by atoms with E-state index >= 15 is 0 Å². The van der Waals surface area contributed by atoms with Gasteiger partial charge in [-0.15, -0.1) is 0 Å². The molecule has 0 radical (unpaired) electrons. The van der Waals surface area contributed by atoms with E-state index in [1.165, 1.54) is 6.07 Å². The molecule has 0 bridgehead atoms. The molecule has 0 aliphatic heterocycles. The summed E-state index contributed by atoms with van der Waals surface area (Å²) in [5.41, 5.74) is 3.48. The van der Waals surface area contributed by atoms with Crippen molar-refractivity contribution in [3.05, 3.63) is 23.8 Å². The third-order valence-corrected chi connectivity index (χ3v) is 2.63. The summed E-state index contributed by atoms with van der Waals surface area (Å²) >= 11 is 0. The molecule has 0 saturated carbocycles. The molecular weight excluding hydrogens is 245 g/mol. The van der Waals surface area contributed by atoms with Gasteiger partial charge in [-0.25, -0.2) is 8.42 Å². The lowest BCUT2D eigenvalue weighted by molar-refractivity contribution is -0.137. The normalized spacial score (nSPS) is 11.8. The fourth-order valence-electron chi connectivity index (χ4n) is 1.23. The van der Waals surface area contributed by atoms with Gasteiger partial charge in [0.05, 0.1) is 16.9 Å². The molecule has 0 saturated heterocycles. The number of hydrogen-bond acceptors (Lipinski definition) is 3. The Kier molecular flexibility index (Phi) is 3.32. The van der Waals surface area contributed by atoms with Gasteiger partial charge in [-0.3, -0.25) is 4.31 Å². The van der Waals surface area contributed by atoms with E-state index < -0.39 is 28.3 Å². The van der Waals surface area contributed by atoms with Gasteiger partial charge in [-0.1, -0.05) is 6.07 Å². The van der Waals surface area contributed by atoms with Gasteiger partial charge >= 0.3 is 6.18 Å². The molecule has 0 atom stereocenters. The van der Waals surface area contributed by atoms with Gasteiger partial charge in [-0.2, -0.15) is 13.2 Å². The van der Waals surface area contributed by atoms with Crippen LogP contribution in [0.1, 0.15) is 5.56 Å². The first kappa shape index (κ1) is 12.6. The average molecular weight is 254 g/mol. The third-order valence-electron chi connectivity index (χ3n) is 1.94. The minimum Gasteiger partial charge on any atom is -0.397 e. The first-order valence-corrected chi connectivity index (χ1v) is 5.22. The fourth-order valence-corrected chi connectivity index (χ4v) is 1.62. The first-order chi connectivity index (χ1) is 7.25. The van der Waals surface area contributed by atoms with Gasteiger partial charge in [0.15, 0.2) is 0 Å². The third kappa shape index (κ3) is 2.38. The van der Waals surface area contributed by atoms with Gasteiger partial charge in [0.2, 0.25) is 10.9 Å². The molecule has 1 rings (SSSR count). The maximum atomic E-state index is 12.6. The molecule has 90 valence electrons. The predicted octanol–water partition coefficient (Wildman–Crippen LogP) is 1.25. The summed E-state index contributed by atoms with van der Waals surface area (Å²) in [6.45, 7) is 0. The number of nitrogens with two attached hydrogens (primary N) is 1. The van der Waals surface area contributed by atoms with E-state index in [4.69, 9.17) is 5.73 Å². The summed E-state index contributed by atoms with van der Waals surface area (Å²) in [5, 5.41) is 0. The molecule has 0 aliphatic carbocycles. The second-order valence-electron chi connectivity index (χ2n) is 3.00. The number of thiol groups is 1. The van der Waals surface area contributed by atoms with Crippen molar-refractivity contribution < 1.29 is 21.6 Å². The summed E-state index contributed by atoms with van der Waals surface area (Å²) in [7, 11) is -2.16. The minimum atomic E-state index is -4.65. The average Bonchev–Trinajstić information content (AvgIpc) is 2.14. The molecule has 0 unspecified atom stereocenters. The second-order valence-corrected chi connectivity index (χ2v) is 4.08. The Morgan fingerprint density at radius 1 is 1.31 bits per heavy atom. The Labute approximate surface area is 91.6 Å². The minimum absolute atomic E-state index is 0.239. The molecule has 4 nitrogen and oxygen atoms in total. The highest BCUT2D eigenvalue weighted by atomic mass is 32.2. The van der Waals surface area contributed by atoms with Crippen molar-refractivity contribution in [3.63, 3.8) is 0 Å². The van der Waals surface area contributed by atoms with Crippen molar-refractivity contribution in [1.29, 1.82) is 0 Å². The van der Waals surface area contributed by atoms with Crippen molar-refractivity contribution in [2.24, 2.45) is 0 Å². The smallest absolute Gasteiger partial charge is 0.397 e. The van der Waals surface area contributed by atoms with E-state index in [-0.39, 0.29) is 5.69 Å². The van der Waals surface area contributed by atoms with Crippen LogP contribution in [0.3, 0.4) is 0 Å². The first-order valence-electron chi connectivity index (χ1n) is 4.09.